The van der Waals surface area contributed by atoms with Crippen molar-refractivity contribution in [2.24, 2.45) is 0 Å². The Bertz CT molecular complexity index is 750. The molecule has 1 heterocycles. The van der Waals surface area contributed by atoms with Crippen LogP contribution in [0.15, 0.2) is 30.5 Å². The van der Waals surface area contributed by atoms with Crippen LogP contribution >= 0.6 is 0 Å². The molecule has 0 spiro atoms. The predicted octanol–water partition coefficient (Wildman–Crippen LogP) is 2.51. The van der Waals surface area contributed by atoms with Crippen molar-refractivity contribution >= 4 is 11.9 Å². The molecular weight excluding hydrogens is 306 g/mol. The van der Waals surface area contributed by atoms with E-state index in [1.165, 1.54) is 12.0 Å². The van der Waals surface area contributed by atoms with Crippen LogP contribution < -0.4 is 0 Å². The van der Waals surface area contributed by atoms with E-state index in [1.54, 1.807) is 10.9 Å². The summed E-state index contributed by atoms with van der Waals surface area (Å²) in [5, 5.41) is 4.36. The van der Waals surface area contributed by atoms with Gasteiger partial charge in [0.15, 0.2) is 0 Å². The number of esters is 1. The molecule has 2 aromatic rings. The van der Waals surface area contributed by atoms with Gasteiger partial charge >= 0.3 is 5.97 Å². The van der Waals surface area contributed by atoms with Crippen molar-refractivity contribution in [1.29, 1.82) is 0 Å². The summed E-state index contributed by atoms with van der Waals surface area (Å²) in [6, 6.07) is 7.72. The summed E-state index contributed by atoms with van der Waals surface area (Å²) in [6.45, 7) is 7.49. The van der Waals surface area contributed by atoms with Gasteiger partial charge in [0.05, 0.1) is 30.3 Å². The second kappa shape index (κ2) is 7.29. The fourth-order valence-electron chi connectivity index (χ4n) is 2.51. The predicted molar refractivity (Wildman–Crippen MR) is 91.2 cm³/mol. The highest BCUT2D eigenvalue weighted by atomic mass is 16.5. The van der Waals surface area contributed by atoms with Crippen molar-refractivity contribution in [1.82, 2.24) is 14.7 Å². The minimum atomic E-state index is -0.444. The zero-order valence-corrected chi connectivity index (χ0v) is 14.7. The van der Waals surface area contributed by atoms with E-state index in [2.05, 4.69) is 9.84 Å². The van der Waals surface area contributed by atoms with Crippen LogP contribution in [-0.4, -0.2) is 46.3 Å². The number of ether oxygens (including phenoxy) is 1. The molecule has 0 aliphatic carbocycles. The molecular formula is C18H23N3O3. The number of amides is 1. The van der Waals surface area contributed by atoms with E-state index >= 15 is 0 Å². The van der Waals surface area contributed by atoms with Gasteiger partial charge in [-0.1, -0.05) is 18.2 Å². The van der Waals surface area contributed by atoms with E-state index in [4.69, 9.17) is 0 Å². The molecule has 2 rings (SSSR count). The Kier molecular flexibility index (Phi) is 5.39. The lowest BCUT2D eigenvalue weighted by Gasteiger charge is -2.25. The molecule has 0 bridgehead atoms. The van der Waals surface area contributed by atoms with Crippen molar-refractivity contribution in [3.8, 4) is 5.69 Å². The van der Waals surface area contributed by atoms with E-state index < -0.39 is 5.97 Å². The fourth-order valence-corrected chi connectivity index (χ4v) is 2.51. The third kappa shape index (κ3) is 3.48. The highest BCUT2D eigenvalue weighted by molar-refractivity contribution is 5.97. The Hall–Kier alpha value is -2.63. The van der Waals surface area contributed by atoms with Crippen LogP contribution in [0.25, 0.3) is 5.69 Å². The molecule has 24 heavy (non-hydrogen) atoms. The zero-order chi connectivity index (χ0) is 17.9. The number of methoxy groups -OCH3 is 1. The van der Waals surface area contributed by atoms with E-state index in [-0.39, 0.29) is 18.5 Å². The first-order chi connectivity index (χ1) is 11.4. The van der Waals surface area contributed by atoms with E-state index in [9.17, 15) is 9.59 Å². The second-order valence-corrected chi connectivity index (χ2v) is 5.94. The quantitative estimate of drug-likeness (QED) is 0.791. The van der Waals surface area contributed by atoms with Crippen LogP contribution in [-0.2, 0) is 9.53 Å². The number of nitrogens with zero attached hydrogens (tertiary/aromatic N) is 3. The van der Waals surface area contributed by atoms with Crippen LogP contribution in [0.1, 0.15) is 35.5 Å². The number of aromatic nitrogens is 2. The van der Waals surface area contributed by atoms with Crippen LogP contribution in [0.4, 0.5) is 0 Å². The fraction of sp³-hybridized carbons (Fsp3) is 0.389. The van der Waals surface area contributed by atoms with E-state index in [0.717, 1.165) is 16.9 Å². The average Bonchev–Trinajstić information content (AvgIpc) is 2.93. The first-order valence-electron chi connectivity index (χ1n) is 7.85. The summed E-state index contributed by atoms with van der Waals surface area (Å²) in [5.41, 5.74) is 3.22. The molecule has 0 saturated carbocycles. The summed E-state index contributed by atoms with van der Waals surface area (Å²) < 4.78 is 6.43. The van der Waals surface area contributed by atoms with Crippen molar-refractivity contribution in [2.45, 2.75) is 33.7 Å². The highest BCUT2D eigenvalue weighted by Crippen LogP contribution is 2.19. The molecule has 0 radical (unpaired) electrons. The van der Waals surface area contributed by atoms with Crippen molar-refractivity contribution in [3.05, 3.63) is 47.3 Å². The van der Waals surface area contributed by atoms with Gasteiger partial charge in [0.25, 0.3) is 5.91 Å². The summed E-state index contributed by atoms with van der Waals surface area (Å²) in [4.78, 5) is 25.9. The van der Waals surface area contributed by atoms with Gasteiger partial charge in [-0.2, -0.15) is 5.10 Å². The molecule has 1 aromatic heterocycles. The van der Waals surface area contributed by atoms with Crippen LogP contribution in [0.2, 0.25) is 0 Å². The SMILES string of the molecule is COC(=O)CN(C(=O)c1cnn(-c2ccccc2C)c1C)C(C)C. The number of aryl methyl sites for hydroxylation is 1. The normalized spacial score (nSPS) is 10.8. The lowest BCUT2D eigenvalue weighted by molar-refractivity contribution is -0.141. The molecule has 6 heteroatoms. The Labute approximate surface area is 142 Å². The molecule has 0 atom stereocenters. The summed E-state index contributed by atoms with van der Waals surface area (Å²) in [7, 11) is 1.31. The number of para-hydroxylation sites is 1. The van der Waals surface area contributed by atoms with Gasteiger partial charge in [0, 0.05) is 6.04 Å². The van der Waals surface area contributed by atoms with Gasteiger partial charge in [-0.05, 0) is 39.3 Å². The Morgan fingerprint density at radius 2 is 1.92 bits per heavy atom. The first-order valence-corrected chi connectivity index (χ1v) is 7.85. The lowest BCUT2D eigenvalue weighted by Crippen LogP contribution is -2.41. The number of hydrogen-bond acceptors (Lipinski definition) is 4. The summed E-state index contributed by atoms with van der Waals surface area (Å²) in [6.07, 6.45) is 1.55. The molecule has 128 valence electrons. The van der Waals surface area contributed by atoms with E-state index in [1.807, 2.05) is 52.0 Å². The maximum atomic E-state index is 12.9. The molecule has 1 aromatic carbocycles. The van der Waals surface area contributed by atoms with Crippen LogP contribution in [0.3, 0.4) is 0 Å². The Morgan fingerprint density at radius 3 is 2.50 bits per heavy atom. The van der Waals surface area contributed by atoms with Crippen molar-refractivity contribution in [3.63, 3.8) is 0 Å². The summed E-state index contributed by atoms with van der Waals surface area (Å²) >= 11 is 0. The maximum absolute atomic E-state index is 12.9. The van der Waals surface area contributed by atoms with Gasteiger partial charge in [0.2, 0.25) is 0 Å². The molecule has 0 N–H and O–H groups in total. The molecule has 1 amide bonds. The van der Waals surface area contributed by atoms with Crippen molar-refractivity contribution in [2.75, 3.05) is 13.7 Å². The lowest BCUT2D eigenvalue weighted by atomic mass is 10.1. The molecule has 0 aliphatic heterocycles. The van der Waals surface area contributed by atoms with Gasteiger partial charge < -0.3 is 9.64 Å². The van der Waals surface area contributed by atoms with E-state index in [0.29, 0.717) is 5.56 Å². The van der Waals surface area contributed by atoms with Crippen LogP contribution in [0.5, 0.6) is 0 Å². The molecule has 0 aliphatic rings. The Morgan fingerprint density at radius 1 is 1.25 bits per heavy atom. The van der Waals surface area contributed by atoms with Gasteiger partial charge in [-0.3, -0.25) is 9.59 Å². The minimum absolute atomic E-state index is 0.0814. The number of benzene rings is 1. The van der Waals surface area contributed by atoms with Gasteiger partial charge in [0.1, 0.15) is 6.54 Å². The molecule has 0 unspecified atom stereocenters. The average molecular weight is 329 g/mol. The highest BCUT2D eigenvalue weighted by Gasteiger charge is 2.25. The molecule has 6 nitrogen and oxygen atoms in total. The number of hydrogen-bond donors (Lipinski definition) is 0. The third-order valence-electron chi connectivity index (χ3n) is 4.00. The first kappa shape index (κ1) is 17.7. The minimum Gasteiger partial charge on any atom is -0.468 e. The molecule has 0 saturated heterocycles. The number of carbonyl (C=O) groups excluding carboxylic acids is 2. The second-order valence-electron chi connectivity index (χ2n) is 5.94. The van der Waals surface area contributed by atoms with Gasteiger partial charge in [-0.15, -0.1) is 0 Å². The number of rotatable bonds is 5. The standard InChI is InChI=1S/C18H23N3O3/c1-12(2)20(11-17(22)24-5)18(23)15-10-19-21(14(15)4)16-9-7-6-8-13(16)3/h6-10,12H,11H2,1-5H3. The van der Waals surface area contributed by atoms with Crippen molar-refractivity contribution < 1.29 is 14.3 Å². The largest absolute Gasteiger partial charge is 0.468 e. The molecule has 0 fully saturated rings. The topological polar surface area (TPSA) is 64.4 Å². The maximum Gasteiger partial charge on any atom is 0.325 e. The van der Waals surface area contributed by atoms with Crippen LogP contribution in [0, 0.1) is 13.8 Å². The summed E-state index contributed by atoms with van der Waals surface area (Å²) in [5.74, 6) is -0.672. The monoisotopic (exact) mass is 329 g/mol. The zero-order valence-electron chi connectivity index (χ0n) is 14.7. The number of carbonyl (C=O) groups is 2. The third-order valence-corrected chi connectivity index (χ3v) is 4.00. The Balaban J connectivity index is 2.37. The van der Waals surface area contributed by atoms with Gasteiger partial charge in [-0.25, -0.2) is 4.68 Å². The smallest absolute Gasteiger partial charge is 0.325 e.